The summed E-state index contributed by atoms with van der Waals surface area (Å²) in [5, 5.41) is 1.45. The molecular weight excluding hydrogens is 336 g/mol. The van der Waals surface area contributed by atoms with E-state index in [0.29, 0.717) is 19.4 Å². The maximum Gasteiger partial charge on any atom is 0.330 e. The highest BCUT2D eigenvalue weighted by Gasteiger charge is 2.42. The van der Waals surface area contributed by atoms with Crippen LogP contribution in [0.3, 0.4) is 0 Å². The predicted molar refractivity (Wildman–Crippen MR) is 95.5 cm³/mol. The van der Waals surface area contributed by atoms with E-state index in [0.717, 1.165) is 6.42 Å². The first-order valence-electron chi connectivity index (χ1n) is 9.11. The van der Waals surface area contributed by atoms with Gasteiger partial charge in [0.05, 0.1) is 5.41 Å². The van der Waals surface area contributed by atoms with E-state index in [9.17, 15) is 14.4 Å². The molecule has 2 heterocycles. The van der Waals surface area contributed by atoms with Crippen LogP contribution in [0.1, 0.15) is 60.8 Å². The van der Waals surface area contributed by atoms with Crippen molar-refractivity contribution in [1.82, 2.24) is 9.96 Å². The summed E-state index contributed by atoms with van der Waals surface area (Å²) in [6.07, 6.45) is 5.17. The third-order valence-electron chi connectivity index (χ3n) is 4.20. The number of hydrogen-bond acceptors (Lipinski definition) is 6. The van der Waals surface area contributed by atoms with Crippen LogP contribution in [0.25, 0.3) is 0 Å². The van der Waals surface area contributed by atoms with Gasteiger partial charge in [0, 0.05) is 12.7 Å². The molecule has 0 aromatic heterocycles. The smallest absolute Gasteiger partial charge is 0.330 e. The Bertz CT molecular complexity index is 600. The Morgan fingerprint density at radius 1 is 1.04 bits per heavy atom. The molecule has 0 radical (unpaired) electrons. The van der Waals surface area contributed by atoms with Gasteiger partial charge in [-0.25, -0.2) is 9.59 Å². The molecule has 7 heteroatoms. The largest absolute Gasteiger partial charge is 0.458 e. The number of carbonyl (C=O) groups is 3. The molecule has 0 aromatic carbocycles. The Hall–Kier alpha value is -1.89. The molecule has 2 atom stereocenters. The van der Waals surface area contributed by atoms with Crippen molar-refractivity contribution in [2.45, 2.75) is 78.5 Å². The van der Waals surface area contributed by atoms with Crippen LogP contribution in [0.4, 0.5) is 0 Å². The number of rotatable bonds is 3. The van der Waals surface area contributed by atoms with Crippen molar-refractivity contribution < 1.29 is 24.0 Å². The number of ether oxygens (including phenoxy) is 1. The zero-order valence-electron chi connectivity index (χ0n) is 16.6. The summed E-state index contributed by atoms with van der Waals surface area (Å²) in [6.45, 7) is 11.2. The average molecular weight is 366 g/mol. The molecule has 0 unspecified atom stereocenters. The van der Waals surface area contributed by atoms with E-state index in [1.165, 1.54) is 9.96 Å². The highest BCUT2D eigenvalue weighted by Crippen LogP contribution is 2.27. The number of amides is 1. The molecule has 0 aromatic rings. The fraction of sp³-hybridized carbons (Fsp3) is 0.737. The minimum Gasteiger partial charge on any atom is -0.458 e. The van der Waals surface area contributed by atoms with Gasteiger partial charge in [0.15, 0.2) is 0 Å². The van der Waals surface area contributed by atoms with E-state index >= 15 is 0 Å². The molecule has 1 amide bonds. The molecule has 0 spiro atoms. The van der Waals surface area contributed by atoms with Crippen molar-refractivity contribution in [3.63, 3.8) is 0 Å². The molecular formula is C19H30N2O5. The molecule has 0 bridgehead atoms. The molecule has 2 aliphatic rings. The van der Waals surface area contributed by atoms with Gasteiger partial charge < -0.3 is 14.5 Å². The van der Waals surface area contributed by atoms with Crippen LogP contribution >= 0.6 is 0 Å². The molecule has 1 fully saturated rings. The first-order valence-corrected chi connectivity index (χ1v) is 9.11. The summed E-state index contributed by atoms with van der Waals surface area (Å²) in [6, 6.07) is -1.24. The van der Waals surface area contributed by atoms with Gasteiger partial charge in [0.25, 0.3) is 0 Å². The SMILES string of the molecule is CC(C)(C)OC(=O)[C@@H]1CC=CN1C(=O)[C@@H]1CCCN1OC(=O)C(C)(C)C. The third kappa shape index (κ3) is 4.84. The summed E-state index contributed by atoms with van der Waals surface area (Å²) in [5.41, 5.74) is -1.27. The van der Waals surface area contributed by atoms with Crippen LogP contribution in [0.2, 0.25) is 0 Å². The zero-order valence-corrected chi connectivity index (χ0v) is 16.6. The van der Waals surface area contributed by atoms with Gasteiger partial charge in [-0.2, -0.15) is 0 Å². The normalized spacial score (nSPS) is 24.0. The molecule has 2 rings (SSSR count). The van der Waals surface area contributed by atoms with E-state index in [2.05, 4.69) is 0 Å². The van der Waals surface area contributed by atoms with Gasteiger partial charge >= 0.3 is 11.9 Å². The van der Waals surface area contributed by atoms with Crippen LogP contribution in [-0.4, -0.2) is 52.0 Å². The number of carbonyl (C=O) groups excluding carboxylic acids is 3. The van der Waals surface area contributed by atoms with Gasteiger partial charge in [-0.15, -0.1) is 5.06 Å². The predicted octanol–water partition coefficient (Wildman–Crippen LogP) is 2.41. The standard InChI is InChI=1S/C19H30N2O5/c1-18(2,3)17(24)26-21-12-8-9-13(21)15(22)20-11-7-10-14(20)16(23)25-19(4,5)6/h7,11,13-14H,8-10,12H2,1-6H3/t13-,14-/m0/s1. The van der Waals surface area contributed by atoms with Crippen LogP contribution in [-0.2, 0) is 24.0 Å². The number of nitrogens with zero attached hydrogens (tertiary/aromatic N) is 2. The summed E-state index contributed by atoms with van der Waals surface area (Å²) in [5.74, 6) is -1.04. The second-order valence-corrected chi connectivity index (χ2v) is 8.84. The van der Waals surface area contributed by atoms with Crippen molar-refractivity contribution in [3.05, 3.63) is 12.3 Å². The maximum absolute atomic E-state index is 13.0. The average Bonchev–Trinajstić information content (AvgIpc) is 3.12. The molecule has 0 saturated carbocycles. The molecule has 7 nitrogen and oxygen atoms in total. The highest BCUT2D eigenvalue weighted by atomic mass is 16.7. The maximum atomic E-state index is 13.0. The number of hydroxylamine groups is 2. The fourth-order valence-corrected chi connectivity index (χ4v) is 2.84. The lowest BCUT2D eigenvalue weighted by atomic mass is 9.98. The zero-order chi connectivity index (χ0) is 19.7. The minimum atomic E-state index is -0.664. The van der Waals surface area contributed by atoms with Crippen molar-refractivity contribution in [1.29, 1.82) is 0 Å². The van der Waals surface area contributed by atoms with E-state index in [1.807, 2.05) is 0 Å². The molecule has 0 N–H and O–H groups in total. The molecule has 1 saturated heterocycles. The Kier molecular flexibility index (Phi) is 5.80. The lowest BCUT2D eigenvalue weighted by Gasteiger charge is -2.31. The van der Waals surface area contributed by atoms with Crippen LogP contribution in [0, 0.1) is 5.41 Å². The second kappa shape index (κ2) is 7.39. The van der Waals surface area contributed by atoms with E-state index in [1.54, 1.807) is 53.8 Å². The second-order valence-electron chi connectivity index (χ2n) is 8.84. The Balaban J connectivity index is 2.07. The van der Waals surface area contributed by atoms with Crippen LogP contribution in [0.5, 0.6) is 0 Å². The van der Waals surface area contributed by atoms with Crippen LogP contribution < -0.4 is 0 Å². The first-order chi connectivity index (χ1) is 11.9. The van der Waals surface area contributed by atoms with Crippen molar-refractivity contribution in [2.24, 2.45) is 5.41 Å². The van der Waals surface area contributed by atoms with Gasteiger partial charge in [-0.05, 0) is 60.8 Å². The quantitative estimate of drug-likeness (QED) is 0.714. The summed E-state index contributed by atoms with van der Waals surface area (Å²) >= 11 is 0. The lowest BCUT2D eigenvalue weighted by Crippen LogP contribution is -2.50. The summed E-state index contributed by atoms with van der Waals surface area (Å²) < 4.78 is 5.43. The lowest BCUT2D eigenvalue weighted by molar-refractivity contribution is -0.206. The van der Waals surface area contributed by atoms with Crippen molar-refractivity contribution in [3.8, 4) is 0 Å². The molecule has 0 aliphatic carbocycles. The Labute approximate surface area is 155 Å². The first kappa shape index (κ1) is 20.4. The number of hydrogen-bond donors (Lipinski definition) is 0. The minimum absolute atomic E-state index is 0.242. The summed E-state index contributed by atoms with van der Waals surface area (Å²) in [4.78, 5) is 44.5. The molecule has 2 aliphatic heterocycles. The van der Waals surface area contributed by atoms with Crippen LogP contribution in [0.15, 0.2) is 12.3 Å². The Morgan fingerprint density at radius 3 is 2.27 bits per heavy atom. The van der Waals surface area contributed by atoms with E-state index in [4.69, 9.17) is 9.57 Å². The van der Waals surface area contributed by atoms with E-state index in [-0.39, 0.29) is 11.9 Å². The molecule has 26 heavy (non-hydrogen) atoms. The summed E-state index contributed by atoms with van der Waals surface area (Å²) in [7, 11) is 0. The third-order valence-corrected chi connectivity index (χ3v) is 4.20. The Morgan fingerprint density at radius 2 is 1.69 bits per heavy atom. The van der Waals surface area contributed by atoms with Gasteiger partial charge in [0.1, 0.15) is 17.7 Å². The highest BCUT2D eigenvalue weighted by molar-refractivity contribution is 5.89. The van der Waals surface area contributed by atoms with Crippen molar-refractivity contribution >= 4 is 17.8 Å². The van der Waals surface area contributed by atoms with Gasteiger partial charge in [0.2, 0.25) is 5.91 Å². The fourth-order valence-electron chi connectivity index (χ4n) is 2.84. The van der Waals surface area contributed by atoms with E-state index < -0.39 is 29.1 Å². The topological polar surface area (TPSA) is 76.2 Å². The number of esters is 1. The monoisotopic (exact) mass is 366 g/mol. The molecule has 146 valence electrons. The van der Waals surface area contributed by atoms with Crippen molar-refractivity contribution in [2.75, 3.05) is 6.54 Å². The van der Waals surface area contributed by atoms with Gasteiger partial charge in [-0.1, -0.05) is 6.08 Å². The van der Waals surface area contributed by atoms with Gasteiger partial charge in [-0.3, -0.25) is 4.79 Å².